The average Bonchev–Trinajstić information content (AvgIpc) is 3.32. The monoisotopic (exact) mass is 380 g/mol. The Morgan fingerprint density at radius 1 is 1.18 bits per heavy atom. The second kappa shape index (κ2) is 7.33. The Morgan fingerprint density at radius 3 is 2.86 bits per heavy atom. The molecule has 0 radical (unpaired) electrons. The Kier molecular flexibility index (Phi) is 4.69. The molecule has 1 aromatic carbocycles. The molecule has 5 rings (SSSR count). The summed E-state index contributed by atoms with van der Waals surface area (Å²) in [6.07, 6.45) is 6.85. The van der Waals surface area contributed by atoms with Crippen molar-refractivity contribution in [3.63, 3.8) is 0 Å². The Bertz CT molecular complexity index is 955. The molecule has 1 aliphatic heterocycles. The molecule has 0 bridgehead atoms. The first-order valence-corrected chi connectivity index (χ1v) is 10.5. The fourth-order valence-electron chi connectivity index (χ4n) is 5.05. The number of para-hydroxylation sites is 1. The highest BCUT2D eigenvalue weighted by atomic mass is 16.5. The summed E-state index contributed by atoms with van der Waals surface area (Å²) in [6.45, 7) is 3.24. The van der Waals surface area contributed by atoms with Gasteiger partial charge in [-0.3, -0.25) is 4.68 Å². The van der Waals surface area contributed by atoms with Gasteiger partial charge >= 0.3 is 0 Å². The maximum Gasteiger partial charge on any atom is 0.167 e. The van der Waals surface area contributed by atoms with E-state index in [4.69, 9.17) is 4.52 Å². The number of benzene rings is 1. The van der Waals surface area contributed by atoms with Gasteiger partial charge in [0.25, 0.3) is 0 Å². The molecule has 6 heteroatoms. The average molecular weight is 380 g/mol. The van der Waals surface area contributed by atoms with Gasteiger partial charge in [-0.25, -0.2) is 0 Å². The fraction of sp³-hybridized carbons (Fsp3) is 0.545. The molecular weight excluding hydrogens is 352 g/mol. The van der Waals surface area contributed by atoms with E-state index >= 15 is 0 Å². The van der Waals surface area contributed by atoms with Crippen LogP contribution in [0.4, 0.5) is 0 Å². The predicted octanol–water partition coefficient (Wildman–Crippen LogP) is 3.43. The first-order valence-electron chi connectivity index (χ1n) is 10.5. The number of aryl methyl sites for hydroxylation is 1. The van der Waals surface area contributed by atoms with Crippen LogP contribution >= 0.6 is 0 Å². The molecule has 28 heavy (non-hydrogen) atoms. The second-order valence-corrected chi connectivity index (χ2v) is 8.38. The molecule has 3 heterocycles. The lowest BCUT2D eigenvalue weighted by Crippen LogP contribution is -2.35. The van der Waals surface area contributed by atoms with E-state index in [2.05, 4.69) is 27.3 Å². The Balaban J connectivity index is 1.16. The first kappa shape index (κ1) is 17.9. The van der Waals surface area contributed by atoms with Gasteiger partial charge < -0.3 is 14.5 Å². The van der Waals surface area contributed by atoms with Crippen LogP contribution in [-0.4, -0.2) is 44.6 Å². The lowest BCUT2D eigenvalue weighted by molar-refractivity contribution is 0.0765. The van der Waals surface area contributed by atoms with Crippen molar-refractivity contribution in [3.05, 3.63) is 47.4 Å². The highest BCUT2D eigenvalue weighted by Crippen LogP contribution is 2.37. The van der Waals surface area contributed by atoms with E-state index in [1.807, 2.05) is 30.1 Å². The molecule has 2 aliphatic rings. The van der Waals surface area contributed by atoms with Crippen molar-refractivity contribution in [2.24, 2.45) is 13.0 Å². The number of aromatic nitrogens is 3. The quantitative estimate of drug-likeness (QED) is 0.751. The Labute approximate surface area is 165 Å². The van der Waals surface area contributed by atoms with Crippen molar-refractivity contribution >= 4 is 11.0 Å². The van der Waals surface area contributed by atoms with Crippen LogP contribution in [0.15, 0.2) is 35.0 Å². The third kappa shape index (κ3) is 3.14. The summed E-state index contributed by atoms with van der Waals surface area (Å²) >= 11 is 0. The van der Waals surface area contributed by atoms with E-state index < -0.39 is 0 Å². The largest absolute Gasteiger partial charge is 0.388 e. The number of nitrogens with zero attached hydrogens (tertiary/aromatic N) is 4. The molecule has 2 unspecified atom stereocenters. The van der Waals surface area contributed by atoms with Gasteiger partial charge in [-0.1, -0.05) is 17.3 Å². The number of hydrogen-bond acceptors (Lipinski definition) is 5. The predicted molar refractivity (Wildman–Crippen MR) is 107 cm³/mol. The van der Waals surface area contributed by atoms with Crippen LogP contribution < -0.4 is 0 Å². The van der Waals surface area contributed by atoms with Crippen LogP contribution in [0.25, 0.3) is 11.0 Å². The molecule has 1 saturated heterocycles. The van der Waals surface area contributed by atoms with Crippen LogP contribution in [0.2, 0.25) is 0 Å². The molecule has 0 spiro atoms. The Hall–Kier alpha value is -2.18. The minimum atomic E-state index is -0.364. The minimum Gasteiger partial charge on any atom is -0.388 e. The van der Waals surface area contributed by atoms with Crippen molar-refractivity contribution < 1.29 is 9.63 Å². The van der Waals surface area contributed by atoms with E-state index in [1.165, 1.54) is 11.1 Å². The maximum atomic E-state index is 10.7. The summed E-state index contributed by atoms with van der Waals surface area (Å²) in [5, 5.41) is 20.6. The van der Waals surface area contributed by atoms with Crippen molar-refractivity contribution in [2.45, 2.75) is 44.1 Å². The van der Waals surface area contributed by atoms with Crippen LogP contribution in [0.3, 0.4) is 0 Å². The third-order valence-corrected chi connectivity index (χ3v) is 6.81. The number of rotatable bonds is 4. The molecule has 1 aliphatic carbocycles. The normalized spacial score (nSPS) is 23.9. The molecule has 2 atom stereocenters. The smallest absolute Gasteiger partial charge is 0.167 e. The molecule has 1 fully saturated rings. The molecule has 2 aromatic heterocycles. The number of aliphatic hydroxyl groups is 1. The zero-order valence-corrected chi connectivity index (χ0v) is 16.4. The van der Waals surface area contributed by atoms with Crippen molar-refractivity contribution in [3.8, 4) is 0 Å². The summed E-state index contributed by atoms with van der Waals surface area (Å²) in [5.41, 5.74) is 4.25. The molecule has 6 nitrogen and oxygen atoms in total. The number of fused-ring (bicyclic) bond motifs is 2. The molecule has 0 amide bonds. The highest BCUT2D eigenvalue weighted by molar-refractivity contribution is 5.79. The van der Waals surface area contributed by atoms with E-state index in [9.17, 15) is 5.11 Å². The second-order valence-electron chi connectivity index (χ2n) is 8.38. The van der Waals surface area contributed by atoms with Crippen molar-refractivity contribution in [1.82, 2.24) is 19.8 Å². The van der Waals surface area contributed by atoms with Gasteiger partial charge in [0.1, 0.15) is 0 Å². The van der Waals surface area contributed by atoms with Crippen molar-refractivity contribution in [1.29, 1.82) is 0 Å². The SMILES string of the molecule is Cn1ncc2c1CCC(CCN1CCC(c3noc4ccccc34)CC1)C2O. The number of likely N-dealkylation sites (tertiary alicyclic amines) is 1. The minimum absolute atomic E-state index is 0.342. The van der Waals surface area contributed by atoms with E-state index in [0.29, 0.717) is 11.8 Å². The van der Waals surface area contributed by atoms with Crippen LogP contribution in [0.1, 0.15) is 54.7 Å². The molecular formula is C22H28N4O2. The molecule has 3 aromatic rings. The maximum absolute atomic E-state index is 10.7. The summed E-state index contributed by atoms with van der Waals surface area (Å²) < 4.78 is 7.41. The lowest BCUT2D eigenvalue weighted by Gasteiger charge is -2.34. The summed E-state index contributed by atoms with van der Waals surface area (Å²) in [7, 11) is 1.97. The third-order valence-electron chi connectivity index (χ3n) is 6.81. The topological polar surface area (TPSA) is 67.3 Å². The van der Waals surface area contributed by atoms with Gasteiger partial charge in [-0.2, -0.15) is 5.10 Å². The molecule has 0 saturated carbocycles. The number of hydrogen-bond donors (Lipinski definition) is 1. The standard InChI is InChI=1S/C22H28N4O2/c1-25-19-7-6-16(22(27)18(19)14-23-25)10-13-26-11-8-15(9-12-26)21-17-4-2-3-5-20(17)28-24-21/h2-5,14-16,22,27H,6-13H2,1H3. The molecule has 1 N–H and O–H groups in total. The van der Waals surface area contributed by atoms with Gasteiger partial charge in [0.15, 0.2) is 5.58 Å². The molecule has 148 valence electrons. The van der Waals surface area contributed by atoms with Gasteiger partial charge in [0.05, 0.1) is 18.0 Å². The summed E-state index contributed by atoms with van der Waals surface area (Å²) in [4.78, 5) is 2.55. The zero-order chi connectivity index (χ0) is 19.1. The van der Waals surface area contributed by atoms with Crippen LogP contribution in [-0.2, 0) is 13.5 Å². The van der Waals surface area contributed by atoms with Crippen LogP contribution in [0.5, 0.6) is 0 Å². The van der Waals surface area contributed by atoms with Crippen molar-refractivity contribution in [2.75, 3.05) is 19.6 Å². The van der Waals surface area contributed by atoms with Gasteiger partial charge in [-0.05, 0) is 69.8 Å². The van der Waals surface area contributed by atoms with E-state index in [-0.39, 0.29) is 6.10 Å². The van der Waals surface area contributed by atoms with Crippen LogP contribution in [0, 0.1) is 5.92 Å². The summed E-state index contributed by atoms with van der Waals surface area (Å²) in [6, 6.07) is 8.16. The van der Waals surface area contributed by atoms with Gasteiger partial charge in [0.2, 0.25) is 0 Å². The summed E-state index contributed by atoms with van der Waals surface area (Å²) in [5.74, 6) is 0.826. The number of aliphatic hydroxyl groups excluding tert-OH is 1. The highest BCUT2D eigenvalue weighted by Gasteiger charge is 2.31. The fourth-order valence-corrected chi connectivity index (χ4v) is 5.05. The van der Waals surface area contributed by atoms with Gasteiger partial charge in [-0.15, -0.1) is 0 Å². The van der Waals surface area contributed by atoms with E-state index in [0.717, 1.165) is 68.6 Å². The lowest BCUT2D eigenvalue weighted by atomic mass is 9.82. The van der Waals surface area contributed by atoms with E-state index in [1.54, 1.807) is 0 Å². The number of piperidine rings is 1. The Morgan fingerprint density at radius 2 is 2.00 bits per heavy atom. The first-order chi connectivity index (χ1) is 13.7. The zero-order valence-electron chi connectivity index (χ0n) is 16.4. The van der Waals surface area contributed by atoms with Gasteiger partial charge in [0, 0.05) is 29.6 Å².